The van der Waals surface area contributed by atoms with Gasteiger partial charge in [-0.15, -0.1) is 0 Å². The molecule has 1 unspecified atom stereocenters. The van der Waals surface area contributed by atoms with Crippen LogP contribution < -0.4 is 0 Å². The molecular weight excluding hydrogens is 367 g/mol. The molecule has 10 heteroatoms. The Morgan fingerprint density at radius 1 is 1.33 bits per heavy atom. The second-order valence-electron chi connectivity index (χ2n) is 6.87. The van der Waals surface area contributed by atoms with Crippen molar-refractivity contribution in [2.24, 2.45) is 5.92 Å². The second kappa shape index (κ2) is 6.89. The molecule has 0 bridgehead atoms. The van der Waals surface area contributed by atoms with E-state index in [-0.39, 0.29) is 5.92 Å². The Balaban J connectivity index is 1.77. The molecule has 3 aromatic rings. The lowest BCUT2D eigenvalue weighted by molar-refractivity contribution is 0.282. The van der Waals surface area contributed by atoms with E-state index < -0.39 is 19.3 Å². The Bertz CT molecular complexity index is 1040. The van der Waals surface area contributed by atoms with Crippen molar-refractivity contribution < 1.29 is 14.4 Å². The fraction of sp³-hybridized carbons (Fsp3) is 0.412. The van der Waals surface area contributed by atoms with Gasteiger partial charge in [-0.1, -0.05) is 12.8 Å². The van der Waals surface area contributed by atoms with E-state index in [1.54, 1.807) is 23.3 Å². The minimum absolute atomic E-state index is 0.00713. The Morgan fingerprint density at radius 3 is 2.81 bits per heavy atom. The summed E-state index contributed by atoms with van der Waals surface area (Å²) in [5.41, 5.74) is 0.672. The molecule has 140 valence electrons. The first-order valence-corrected chi connectivity index (χ1v) is 10.4. The van der Waals surface area contributed by atoms with E-state index >= 15 is 0 Å². The summed E-state index contributed by atoms with van der Waals surface area (Å²) in [6, 6.07) is 3.03. The number of rotatable bonds is 5. The van der Waals surface area contributed by atoms with Crippen LogP contribution in [0.4, 0.5) is 0 Å². The van der Waals surface area contributed by atoms with Gasteiger partial charge >= 0.3 is 7.60 Å². The Hall–Kier alpha value is -2.53. The van der Waals surface area contributed by atoms with Gasteiger partial charge in [0.1, 0.15) is 12.0 Å². The number of nitrogens with zero attached hydrogens (tertiary/aromatic N) is 5. The van der Waals surface area contributed by atoms with Gasteiger partial charge in [-0.3, -0.25) is 9.25 Å². The highest BCUT2D eigenvalue weighted by atomic mass is 31.2. The molecule has 0 radical (unpaired) electrons. The summed E-state index contributed by atoms with van der Waals surface area (Å²) in [7, 11) is -4.59. The topological polar surface area (TPSA) is 141 Å². The highest BCUT2D eigenvalue weighted by molar-refractivity contribution is 7.53. The van der Waals surface area contributed by atoms with Gasteiger partial charge in [0.25, 0.3) is 0 Å². The van der Waals surface area contributed by atoms with Crippen LogP contribution in [0.25, 0.3) is 22.3 Å². The molecule has 4 rings (SSSR count). The van der Waals surface area contributed by atoms with Gasteiger partial charge in [-0.25, -0.2) is 9.97 Å². The highest BCUT2D eigenvalue weighted by Gasteiger charge is 2.43. The third kappa shape index (κ3) is 3.28. The first-order chi connectivity index (χ1) is 13.0. The monoisotopic (exact) mass is 386 g/mol. The number of hydrogen-bond donors (Lipinski definition) is 3. The van der Waals surface area contributed by atoms with Gasteiger partial charge in [0, 0.05) is 23.3 Å². The van der Waals surface area contributed by atoms with Crippen molar-refractivity contribution in [2.45, 2.75) is 37.4 Å². The van der Waals surface area contributed by atoms with Crippen molar-refractivity contribution in [2.75, 3.05) is 0 Å². The van der Waals surface area contributed by atoms with Crippen molar-refractivity contribution in [3.8, 4) is 17.3 Å². The van der Waals surface area contributed by atoms with E-state index in [9.17, 15) is 19.6 Å². The van der Waals surface area contributed by atoms with Gasteiger partial charge in [-0.2, -0.15) is 10.4 Å². The normalized spacial score (nSPS) is 17.8. The molecule has 3 heterocycles. The van der Waals surface area contributed by atoms with Crippen LogP contribution in [0.1, 0.15) is 31.7 Å². The molecule has 0 amide bonds. The van der Waals surface area contributed by atoms with Gasteiger partial charge in [0.2, 0.25) is 0 Å². The molecule has 3 aromatic heterocycles. The van der Waals surface area contributed by atoms with Crippen molar-refractivity contribution in [1.82, 2.24) is 24.7 Å². The highest BCUT2D eigenvalue weighted by Crippen LogP contribution is 2.51. The molecule has 3 N–H and O–H groups in total. The molecule has 0 spiro atoms. The molecule has 0 saturated heterocycles. The predicted molar refractivity (Wildman–Crippen MR) is 97.5 cm³/mol. The molecule has 27 heavy (non-hydrogen) atoms. The molecule has 1 aliphatic rings. The maximum Gasteiger partial charge on any atom is 0.344 e. The summed E-state index contributed by atoms with van der Waals surface area (Å²) in [6.07, 6.45) is 10.2. The van der Waals surface area contributed by atoms with Crippen LogP contribution >= 0.6 is 7.60 Å². The second-order valence-corrected chi connectivity index (χ2v) is 8.60. The van der Waals surface area contributed by atoms with Crippen LogP contribution in [0, 0.1) is 17.2 Å². The predicted octanol–water partition coefficient (Wildman–Crippen LogP) is 2.62. The smallest absolute Gasteiger partial charge is 0.344 e. The number of hydrogen-bond acceptors (Lipinski definition) is 5. The summed E-state index contributed by atoms with van der Waals surface area (Å²) in [6.45, 7) is 0. The zero-order valence-electron chi connectivity index (χ0n) is 14.4. The number of nitriles is 1. The van der Waals surface area contributed by atoms with E-state index in [1.165, 1.54) is 6.33 Å². The molecule has 2 atom stereocenters. The van der Waals surface area contributed by atoms with Crippen molar-refractivity contribution in [3.63, 3.8) is 0 Å². The average Bonchev–Trinajstić information content (AvgIpc) is 3.39. The standard InChI is InChI=1S/C17H19N6O3P/c18-7-14(27(24,25)26)16(11-3-1-2-4-11)23-9-12(8-22-23)15-13-5-6-19-17(13)21-10-20-15/h5-6,8-11,14,16H,1-4H2,(H,19,20,21)(H2,24,25,26)/t14?,16-/m1/s1. The van der Waals surface area contributed by atoms with E-state index in [0.29, 0.717) is 16.9 Å². The van der Waals surface area contributed by atoms with Crippen LogP contribution in [-0.2, 0) is 4.57 Å². The van der Waals surface area contributed by atoms with Crippen LogP contribution in [0.15, 0.2) is 31.0 Å². The van der Waals surface area contributed by atoms with E-state index in [0.717, 1.165) is 31.1 Å². The fourth-order valence-electron chi connectivity index (χ4n) is 3.99. The van der Waals surface area contributed by atoms with E-state index in [1.807, 2.05) is 12.1 Å². The number of aromatic amines is 1. The summed E-state index contributed by atoms with van der Waals surface area (Å²) < 4.78 is 13.5. The first-order valence-electron chi connectivity index (χ1n) is 8.76. The maximum absolute atomic E-state index is 12.0. The number of aromatic nitrogens is 5. The molecule has 1 aliphatic carbocycles. The van der Waals surface area contributed by atoms with Crippen LogP contribution in [0.2, 0.25) is 0 Å². The summed E-state index contributed by atoms with van der Waals surface area (Å²) in [5.74, 6) is 0.00713. The van der Waals surface area contributed by atoms with Crippen molar-refractivity contribution in [3.05, 3.63) is 31.0 Å². The van der Waals surface area contributed by atoms with Crippen LogP contribution in [-0.4, -0.2) is 40.2 Å². The first kappa shape index (κ1) is 17.9. The van der Waals surface area contributed by atoms with Crippen LogP contribution in [0.5, 0.6) is 0 Å². The average molecular weight is 386 g/mol. The molecule has 0 aromatic carbocycles. The fourth-order valence-corrected chi connectivity index (χ4v) is 4.92. The van der Waals surface area contributed by atoms with Gasteiger partial charge < -0.3 is 14.8 Å². The zero-order valence-corrected chi connectivity index (χ0v) is 15.3. The molecular formula is C17H19N6O3P. The van der Waals surface area contributed by atoms with Crippen LogP contribution in [0.3, 0.4) is 0 Å². The molecule has 1 saturated carbocycles. The molecule has 1 fully saturated rings. The third-order valence-electron chi connectivity index (χ3n) is 5.24. The van der Waals surface area contributed by atoms with Gasteiger partial charge in [-0.05, 0) is 24.8 Å². The lowest BCUT2D eigenvalue weighted by Gasteiger charge is -2.28. The number of nitrogens with one attached hydrogen (secondary N) is 1. The summed E-state index contributed by atoms with van der Waals surface area (Å²) in [5, 5.41) is 14.7. The summed E-state index contributed by atoms with van der Waals surface area (Å²) >= 11 is 0. The molecule has 0 aliphatic heterocycles. The maximum atomic E-state index is 12.0. The van der Waals surface area contributed by atoms with Gasteiger partial charge in [0.05, 0.1) is 24.0 Å². The lowest BCUT2D eigenvalue weighted by atomic mass is 9.95. The lowest BCUT2D eigenvalue weighted by Crippen LogP contribution is -2.29. The van der Waals surface area contributed by atoms with E-state index in [2.05, 4.69) is 20.1 Å². The van der Waals surface area contributed by atoms with E-state index in [4.69, 9.17) is 0 Å². The quantitative estimate of drug-likeness (QED) is 0.572. The number of fused-ring (bicyclic) bond motifs is 1. The minimum Gasteiger partial charge on any atom is -0.346 e. The molecule has 9 nitrogen and oxygen atoms in total. The SMILES string of the molecule is N#CC([C@@H](C1CCCC1)n1cc(-c2ncnc3[nH]ccc23)cn1)P(=O)(O)O. The Kier molecular flexibility index (Phi) is 4.56. The van der Waals surface area contributed by atoms with Gasteiger partial charge in [0.15, 0.2) is 5.66 Å². The third-order valence-corrected chi connectivity index (χ3v) is 6.38. The number of H-pyrrole nitrogens is 1. The summed E-state index contributed by atoms with van der Waals surface area (Å²) in [4.78, 5) is 31.0. The Morgan fingerprint density at radius 2 is 2.11 bits per heavy atom. The Labute approximate surface area is 155 Å². The van der Waals surface area contributed by atoms with Crippen molar-refractivity contribution >= 4 is 18.6 Å². The van der Waals surface area contributed by atoms with Crippen molar-refractivity contribution in [1.29, 1.82) is 5.26 Å². The zero-order chi connectivity index (χ0) is 19.0. The largest absolute Gasteiger partial charge is 0.346 e. The minimum atomic E-state index is -4.59.